The van der Waals surface area contributed by atoms with Gasteiger partial charge in [-0.15, -0.1) is 11.8 Å². The van der Waals surface area contributed by atoms with E-state index >= 15 is 0 Å². The molecule has 1 aliphatic carbocycles. The van der Waals surface area contributed by atoms with Crippen molar-refractivity contribution in [2.24, 2.45) is 0 Å². The Morgan fingerprint density at radius 2 is 2.23 bits per heavy atom. The Labute approximate surface area is 141 Å². The molecule has 2 fully saturated rings. The summed E-state index contributed by atoms with van der Waals surface area (Å²) >= 11 is 1.78. The van der Waals surface area contributed by atoms with E-state index in [0.29, 0.717) is 12.5 Å². The van der Waals surface area contributed by atoms with Crippen LogP contribution in [0.1, 0.15) is 53.4 Å². The number of rotatable bonds is 4. The Hall–Kier alpha value is -0.930. The minimum absolute atomic E-state index is 0.125. The molecule has 0 radical (unpaired) electrons. The fraction of sp³-hybridized carbons (Fsp3) is 0.579. The second kappa shape index (κ2) is 5.93. The highest BCUT2D eigenvalue weighted by molar-refractivity contribution is 7.98. The monoisotopic (exact) mass is 317 g/mol. The number of hydrogen-bond acceptors (Lipinski definition) is 2. The molecule has 0 spiro atoms. The zero-order chi connectivity index (χ0) is 17.6. The first-order chi connectivity index (χ1) is 12.0. The van der Waals surface area contributed by atoms with Crippen LogP contribution in [0.5, 0.6) is 0 Å². The van der Waals surface area contributed by atoms with E-state index in [1.807, 2.05) is 0 Å². The van der Waals surface area contributed by atoms with E-state index < -0.39 is 6.98 Å². The van der Waals surface area contributed by atoms with Gasteiger partial charge in [0, 0.05) is 31.6 Å². The van der Waals surface area contributed by atoms with E-state index in [4.69, 9.17) is 4.11 Å². The summed E-state index contributed by atoms with van der Waals surface area (Å²) in [5, 5.41) is 1.33. The molecule has 2 aromatic rings. The molecule has 1 aromatic heterocycles. The molecule has 22 heavy (non-hydrogen) atoms. The summed E-state index contributed by atoms with van der Waals surface area (Å²) in [6.45, 7) is -1.29. The molecule has 1 saturated carbocycles. The summed E-state index contributed by atoms with van der Waals surface area (Å²) in [4.78, 5) is 6.74. The zero-order valence-electron chi connectivity index (χ0n) is 16.2. The van der Waals surface area contributed by atoms with Gasteiger partial charge >= 0.3 is 0 Å². The zero-order valence-corrected chi connectivity index (χ0v) is 14.0. The second-order valence-electron chi connectivity index (χ2n) is 6.72. The fourth-order valence-corrected chi connectivity index (χ4v) is 4.66. The number of aromatic amines is 1. The van der Waals surface area contributed by atoms with E-state index in [1.165, 1.54) is 46.3 Å². The Morgan fingerprint density at radius 1 is 1.32 bits per heavy atom. The van der Waals surface area contributed by atoms with E-state index in [2.05, 4.69) is 29.4 Å². The van der Waals surface area contributed by atoms with Gasteiger partial charge < -0.3 is 9.88 Å². The van der Waals surface area contributed by atoms with Gasteiger partial charge in [0.2, 0.25) is 0 Å². The minimum atomic E-state index is -1.98. The van der Waals surface area contributed by atoms with E-state index in [9.17, 15) is 0 Å². The molecule has 1 aromatic carbocycles. The highest BCUT2D eigenvalue weighted by Gasteiger charge is 2.29. The summed E-state index contributed by atoms with van der Waals surface area (Å²) < 4.78 is 23.6. The summed E-state index contributed by atoms with van der Waals surface area (Å²) in [7, 11) is 0. The quantitative estimate of drug-likeness (QED) is 0.817. The number of aromatic nitrogens is 1. The van der Waals surface area contributed by atoms with E-state index in [0.717, 1.165) is 19.3 Å². The van der Waals surface area contributed by atoms with E-state index in [-0.39, 0.29) is 6.04 Å². The van der Waals surface area contributed by atoms with Crippen LogP contribution in [0.15, 0.2) is 23.1 Å². The SMILES string of the molecule is [2H]C([2H])([2H])N1CCC[C@@H]1Cc1c(C2CCC2)[nH]c2cccc(SC)c12. The molecule has 0 amide bonds. The molecule has 3 heteroatoms. The number of likely N-dealkylation sites (N-methyl/N-ethyl adjacent to an activating group) is 1. The Balaban J connectivity index is 1.76. The lowest BCUT2D eigenvalue weighted by Gasteiger charge is -2.27. The summed E-state index contributed by atoms with van der Waals surface area (Å²) in [5.74, 6) is 0.625. The third kappa shape index (κ3) is 2.39. The molecular formula is C19H26N2S. The van der Waals surface area contributed by atoms with Crippen molar-refractivity contribution in [3.63, 3.8) is 0 Å². The fourth-order valence-electron chi connectivity index (χ4n) is 4.01. The van der Waals surface area contributed by atoms with Crippen molar-refractivity contribution in [2.45, 2.75) is 55.4 Å². The van der Waals surface area contributed by atoms with Crippen LogP contribution in [-0.2, 0) is 6.42 Å². The Bertz CT molecular complexity index is 764. The third-order valence-electron chi connectivity index (χ3n) is 5.47. The standard InChI is InChI=1S/C19H26N2S/c1-21-11-5-8-14(21)12-15-18-16(9-4-10-17(18)22-2)20-19(15)13-6-3-7-13/h4,9-10,13-14,20H,3,5-8,11-12H2,1-2H3/t14-/m1/s1/i1D3. The van der Waals surface area contributed by atoms with Crippen LogP contribution in [0, 0.1) is 0 Å². The number of H-pyrrole nitrogens is 1. The average Bonchev–Trinajstić information content (AvgIpc) is 3.11. The maximum atomic E-state index is 7.86. The number of nitrogens with one attached hydrogen (secondary N) is 1. The number of hydrogen-bond donors (Lipinski definition) is 1. The average molecular weight is 318 g/mol. The van der Waals surface area contributed by atoms with Crippen molar-refractivity contribution in [1.29, 1.82) is 0 Å². The van der Waals surface area contributed by atoms with Gasteiger partial charge in [0.1, 0.15) is 0 Å². The number of fused-ring (bicyclic) bond motifs is 1. The molecule has 2 nitrogen and oxygen atoms in total. The van der Waals surface area contributed by atoms with Crippen LogP contribution in [0.2, 0.25) is 0 Å². The second-order valence-corrected chi connectivity index (χ2v) is 7.57. The topological polar surface area (TPSA) is 19.0 Å². The predicted molar refractivity (Wildman–Crippen MR) is 96.0 cm³/mol. The molecule has 1 saturated heterocycles. The summed E-state index contributed by atoms with van der Waals surface area (Å²) in [5.41, 5.74) is 3.97. The molecule has 1 atom stereocenters. The minimum Gasteiger partial charge on any atom is -0.358 e. The van der Waals surface area contributed by atoms with Crippen LogP contribution in [0.4, 0.5) is 0 Å². The highest BCUT2D eigenvalue weighted by atomic mass is 32.2. The first kappa shape index (κ1) is 11.6. The first-order valence-corrected chi connectivity index (χ1v) is 9.65. The number of likely N-dealkylation sites (tertiary alicyclic amines) is 1. The van der Waals surface area contributed by atoms with Crippen molar-refractivity contribution in [1.82, 2.24) is 9.88 Å². The van der Waals surface area contributed by atoms with Gasteiger partial charge in [-0.25, -0.2) is 0 Å². The Kier molecular flexibility index (Phi) is 3.12. The number of thioether (sulfide) groups is 1. The van der Waals surface area contributed by atoms with Crippen molar-refractivity contribution in [2.75, 3.05) is 19.8 Å². The van der Waals surface area contributed by atoms with Gasteiger partial charge in [-0.2, -0.15) is 0 Å². The molecule has 1 N–H and O–H groups in total. The molecule has 4 rings (SSSR count). The van der Waals surface area contributed by atoms with Gasteiger partial charge in [0.15, 0.2) is 0 Å². The summed E-state index contributed by atoms with van der Waals surface area (Å²) in [6.07, 6.45) is 8.75. The smallest absolute Gasteiger partial charge is 0.0470 e. The van der Waals surface area contributed by atoms with Gasteiger partial charge in [-0.05, 0) is 75.5 Å². The number of benzene rings is 1. The van der Waals surface area contributed by atoms with Crippen LogP contribution in [0.25, 0.3) is 10.9 Å². The van der Waals surface area contributed by atoms with Crippen molar-refractivity contribution in [3.8, 4) is 0 Å². The van der Waals surface area contributed by atoms with E-state index in [1.54, 1.807) is 16.7 Å². The lowest BCUT2D eigenvalue weighted by Crippen LogP contribution is -2.27. The number of nitrogens with zero attached hydrogens (tertiary/aromatic N) is 1. The van der Waals surface area contributed by atoms with Crippen LogP contribution < -0.4 is 0 Å². The molecule has 0 unspecified atom stereocenters. The van der Waals surface area contributed by atoms with Gasteiger partial charge in [-0.1, -0.05) is 12.5 Å². The van der Waals surface area contributed by atoms with Gasteiger partial charge in [-0.3, -0.25) is 0 Å². The molecular weight excluding hydrogens is 288 g/mol. The molecule has 0 bridgehead atoms. The van der Waals surface area contributed by atoms with Gasteiger partial charge in [0.25, 0.3) is 0 Å². The molecule has 118 valence electrons. The summed E-state index contributed by atoms with van der Waals surface area (Å²) in [6, 6.07) is 6.59. The molecule has 1 aliphatic heterocycles. The normalized spacial score (nSPS) is 25.9. The molecule has 2 aliphatic rings. The van der Waals surface area contributed by atoms with Crippen LogP contribution in [-0.4, -0.2) is 35.7 Å². The largest absolute Gasteiger partial charge is 0.358 e. The molecule has 2 heterocycles. The lowest BCUT2D eigenvalue weighted by atomic mass is 9.80. The van der Waals surface area contributed by atoms with Crippen molar-refractivity contribution < 1.29 is 4.11 Å². The maximum absolute atomic E-state index is 7.86. The van der Waals surface area contributed by atoms with Crippen LogP contribution in [0.3, 0.4) is 0 Å². The van der Waals surface area contributed by atoms with Gasteiger partial charge in [0.05, 0.1) is 0 Å². The maximum Gasteiger partial charge on any atom is 0.0470 e. The Morgan fingerprint density at radius 3 is 2.95 bits per heavy atom. The first-order valence-electron chi connectivity index (χ1n) is 9.93. The highest BCUT2D eigenvalue weighted by Crippen LogP contribution is 2.42. The lowest BCUT2D eigenvalue weighted by molar-refractivity contribution is 0.308. The predicted octanol–water partition coefficient (Wildman–Crippen LogP) is 4.79. The van der Waals surface area contributed by atoms with Crippen molar-refractivity contribution >= 4 is 22.7 Å². The van der Waals surface area contributed by atoms with Crippen LogP contribution >= 0.6 is 11.8 Å². The third-order valence-corrected chi connectivity index (χ3v) is 6.25. The van der Waals surface area contributed by atoms with Crippen molar-refractivity contribution in [3.05, 3.63) is 29.5 Å².